The number of phenolic OH excluding ortho intramolecular Hbond substituents is 1. The molecule has 1 aromatic carbocycles. The Morgan fingerprint density at radius 1 is 1.43 bits per heavy atom. The maximum absolute atomic E-state index is 11.1. The molecule has 1 unspecified atom stereocenters. The van der Waals surface area contributed by atoms with Crippen LogP contribution in [0.4, 0.5) is 10.5 Å². The summed E-state index contributed by atoms with van der Waals surface area (Å²) in [6.45, 7) is 1.65. The molecule has 0 aliphatic carbocycles. The van der Waals surface area contributed by atoms with Crippen molar-refractivity contribution >= 4 is 23.3 Å². The number of halogens is 1. The van der Waals surface area contributed by atoms with E-state index in [1.807, 2.05) is 0 Å². The van der Waals surface area contributed by atoms with Gasteiger partial charge in [0, 0.05) is 5.69 Å². The van der Waals surface area contributed by atoms with Gasteiger partial charge in [0.1, 0.15) is 11.3 Å². The number of benzene rings is 1. The van der Waals surface area contributed by atoms with Crippen LogP contribution in [0.1, 0.15) is 6.92 Å². The van der Waals surface area contributed by atoms with E-state index in [0.717, 1.165) is 0 Å². The lowest BCUT2D eigenvalue weighted by Crippen LogP contribution is -2.32. The maximum atomic E-state index is 11.1. The van der Waals surface area contributed by atoms with Gasteiger partial charge in [0.15, 0.2) is 0 Å². The number of phenols is 1. The van der Waals surface area contributed by atoms with Crippen LogP contribution in [0.15, 0.2) is 24.3 Å². The van der Waals surface area contributed by atoms with Crippen LogP contribution in [0.25, 0.3) is 0 Å². The molecule has 0 saturated carbocycles. The highest BCUT2D eigenvalue weighted by Gasteiger charge is 2.03. The number of aromatic hydroxyl groups is 1. The lowest BCUT2D eigenvalue weighted by Gasteiger charge is -2.08. The molecule has 0 heterocycles. The molecule has 0 aliphatic rings. The third-order valence-corrected chi connectivity index (χ3v) is 1.56. The maximum Gasteiger partial charge on any atom is 0.320 e. The predicted octanol–water partition coefficient (Wildman–Crippen LogP) is 2.10. The van der Waals surface area contributed by atoms with Gasteiger partial charge in [-0.15, -0.1) is 0 Å². The van der Waals surface area contributed by atoms with E-state index in [2.05, 4.69) is 10.6 Å². The Kier molecular flexibility index (Phi) is 3.59. The van der Waals surface area contributed by atoms with E-state index in [-0.39, 0.29) is 11.8 Å². The van der Waals surface area contributed by atoms with Crippen LogP contribution in [0.5, 0.6) is 5.75 Å². The van der Waals surface area contributed by atoms with Gasteiger partial charge in [-0.1, -0.05) is 11.6 Å². The summed E-state index contributed by atoms with van der Waals surface area (Å²) in [6, 6.07) is 5.78. The topological polar surface area (TPSA) is 61.4 Å². The molecular formula is C9H11ClN2O2. The molecule has 3 N–H and O–H groups in total. The average Bonchev–Trinajstić information content (AvgIpc) is 2.07. The fraction of sp³-hybridized carbons (Fsp3) is 0.222. The second kappa shape index (κ2) is 4.72. The quantitative estimate of drug-likeness (QED) is 0.401. The van der Waals surface area contributed by atoms with Gasteiger partial charge in [-0.2, -0.15) is 0 Å². The highest BCUT2D eigenvalue weighted by molar-refractivity contribution is 6.21. The summed E-state index contributed by atoms with van der Waals surface area (Å²) in [7, 11) is 0. The lowest BCUT2D eigenvalue weighted by molar-refractivity contribution is 0.251. The van der Waals surface area contributed by atoms with Gasteiger partial charge in [0.2, 0.25) is 0 Å². The standard InChI is InChI=1S/C9H11ClN2O2/c1-6(10)11-9(14)12-7-2-4-8(13)5-3-7/h2-6,13H,1H3,(H2,11,12,14). The molecule has 0 bridgehead atoms. The zero-order valence-electron chi connectivity index (χ0n) is 7.62. The molecule has 0 aromatic heterocycles. The Labute approximate surface area is 86.9 Å². The molecule has 0 spiro atoms. The van der Waals surface area contributed by atoms with Gasteiger partial charge in [-0.05, 0) is 31.2 Å². The summed E-state index contributed by atoms with van der Waals surface area (Å²) in [6.07, 6.45) is 0. The molecule has 5 heteroatoms. The van der Waals surface area contributed by atoms with E-state index >= 15 is 0 Å². The van der Waals surface area contributed by atoms with Crippen LogP contribution >= 0.6 is 11.6 Å². The van der Waals surface area contributed by atoms with E-state index in [4.69, 9.17) is 16.7 Å². The summed E-state index contributed by atoms with van der Waals surface area (Å²) < 4.78 is 0. The first-order chi connectivity index (χ1) is 6.58. The van der Waals surface area contributed by atoms with Gasteiger partial charge in [0.05, 0.1) is 0 Å². The summed E-state index contributed by atoms with van der Waals surface area (Å²) in [4.78, 5) is 11.1. The normalized spacial score (nSPS) is 11.9. The Morgan fingerprint density at radius 2 is 2.00 bits per heavy atom. The number of amides is 2. The fourth-order valence-corrected chi connectivity index (χ4v) is 0.992. The minimum absolute atomic E-state index is 0.154. The Bertz CT molecular complexity index is 311. The average molecular weight is 215 g/mol. The van der Waals surface area contributed by atoms with Crippen LogP contribution in [0.3, 0.4) is 0 Å². The second-order valence-electron chi connectivity index (χ2n) is 2.76. The van der Waals surface area contributed by atoms with E-state index in [1.54, 1.807) is 19.1 Å². The van der Waals surface area contributed by atoms with Crippen molar-refractivity contribution in [2.75, 3.05) is 5.32 Å². The van der Waals surface area contributed by atoms with Crippen molar-refractivity contribution in [3.05, 3.63) is 24.3 Å². The molecule has 2 amide bonds. The van der Waals surface area contributed by atoms with Gasteiger partial charge in [-0.3, -0.25) is 0 Å². The van der Waals surface area contributed by atoms with Crippen LogP contribution in [0.2, 0.25) is 0 Å². The van der Waals surface area contributed by atoms with Crippen LogP contribution in [-0.2, 0) is 0 Å². The van der Waals surface area contributed by atoms with E-state index in [1.165, 1.54) is 12.1 Å². The van der Waals surface area contributed by atoms with Crippen molar-refractivity contribution in [3.63, 3.8) is 0 Å². The number of hydrogen-bond donors (Lipinski definition) is 3. The highest BCUT2D eigenvalue weighted by Crippen LogP contribution is 2.13. The Balaban J connectivity index is 2.52. The first-order valence-electron chi connectivity index (χ1n) is 4.08. The molecule has 1 aromatic rings. The number of alkyl halides is 1. The minimum Gasteiger partial charge on any atom is -0.508 e. The second-order valence-corrected chi connectivity index (χ2v) is 3.42. The van der Waals surface area contributed by atoms with E-state index < -0.39 is 5.50 Å². The lowest BCUT2D eigenvalue weighted by atomic mass is 10.3. The number of nitrogens with one attached hydrogen (secondary N) is 2. The summed E-state index contributed by atoms with van der Waals surface area (Å²) in [5, 5.41) is 14.0. The van der Waals surface area contributed by atoms with Crippen molar-refractivity contribution in [1.29, 1.82) is 0 Å². The largest absolute Gasteiger partial charge is 0.508 e. The third-order valence-electron chi connectivity index (χ3n) is 1.46. The SMILES string of the molecule is CC(Cl)NC(=O)Nc1ccc(O)cc1. The molecular weight excluding hydrogens is 204 g/mol. The molecule has 1 atom stereocenters. The third kappa shape index (κ3) is 3.53. The Hall–Kier alpha value is -1.42. The monoisotopic (exact) mass is 214 g/mol. The Morgan fingerprint density at radius 3 is 2.50 bits per heavy atom. The van der Waals surface area contributed by atoms with Gasteiger partial charge >= 0.3 is 6.03 Å². The smallest absolute Gasteiger partial charge is 0.320 e. The molecule has 4 nitrogen and oxygen atoms in total. The zero-order valence-corrected chi connectivity index (χ0v) is 8.38. The van der Waals surface area contributed by atoms with E-state index in [0.29, 0.717) is 5.69 Å². The zero-order chi connectivity index (χ0) is 10.6. The van der Waals surface area contributed by atoms with Crippen LogP contribution in [-0.4, -0.2) is 16.6 Å². The van der Waals surface area contributed by atoms with Crippen molar-refractivity contribution in [2.45, 2.75) is 12.4 Å². The number of anilines is 1. The number of carbonyl (C=O) groups is 1. The fourth-order valence-electron chi connectivity index (χ4n) is 0.893. The predicted molar refractivity (Wildman–Crippen MR) is 55.6 cm³/mol. The highest BCUT2D eigenvalue weighted by atomic mass is 35.5. The molecule has 1 rings (SSSR count). The molecule has 0 fully saturated rings. The molecule has 0 radical (unpaired) electrons. The van der Waals surface area contributed by atoms with Crippen LogP contribution < -0.4 is 10.6 Å². The van der Waals surface area contributed by atoms with Gasteiger partial charge < -0.3 is 15.7 Å². The number of carbonyl (C=O) groups excluding carboxylic acids is 1. The van der Waals surface area contributed by atoms with Gasteiger partial charge in [-0.25, -0.2) is 4.79 Å². The van der Waals surface area contributed by atoms with Crippen molar-refractivity contribution in [3.8, 4) is 5.75 Å². The van der Waals surface area contributed by atoms with E-state index in [9.17, 15) is 4.79 Å². The molecule has 14 heavy (non-hydrogen) atoms. The minimum atomic E-state index is -0.424. The molecule has 76 valence electrons. The van der Waals surface area contributed by atoms with Gasteiger partial charge in [0.25, 0.3) is 0 Å². The van der Waals surface area contributed by atoms with Crippen LogP contribution in [0, 0.1) is 0 Å². The number of hydrogen-bond acceptors (Lipinski definition) is 2. The number of rotatable bonds is 2. The summed E-state index contributed by atoms with van der Waals surface area (Å²) in [5.74, 6) is 0.154. The molecule has 0 aliphatic heterocycles. The van der Waals surface area contributed by atoms with Crippen molar-refractivity contribution < 1.29 is 9.90 Å². The first kappa shape index (κ1) is 10.7. The first-order valence-corrected chi connectivity index (χ1v) is 4.52. The number of urea groups is 1. The summed E-state index contributed by atoms with van der Waals surface area (Å²) >= 11 is 5.55. The molecule has 0 saturated heterocycles. The van der Waals surface area contributed by atoms with Crippen molar-refractivity contribution in [2.24, 2.45) is 0 Å². The van der Waals surface area contributed by atoms with Crippen molar-refractivity contribution in [1.82, 2.24) is 5.32 Å². The summed E-state index contributed by atoms with van der Waals surface area (Å²) in [5.41, 5.74) is 0.171.